The maximum absolute atomic E-state index is 14.0. The van der Waals surface area contributed by atoms with E-state index in [1.165, 1.54) is 0 Å². The van der Waals surface area contributed by atoms with E-state index >= 15 is 0 Å². The maximum Gasteiger partial charge on any atom is 0.254 e. The SMILES string of the molecule is CN(C)CC(=O)N(c1cccc2ccccc12)C(c1ccccc1)c1cc2cc(Br)ccc2[nH]c1=O. The number of benzene rings is 4. The minimum atomic E-state index is -0.628. The molecule has 0 aliphatic heterocycles. The highest BCUT2D eigenvalue weighted by Crippen LogP contribution is 2.37. The van der Waals surface area contributed by atoms with Gasteiger partial charge in [-0.2, -0.15) is 0 Å². The van der Waals surface area contributed by atoms with Crippen LogP contribution < -0.4 is 10.5 Å². The zero-order valence-corrected chi connectivity index (χ0v) is 21.7. The second-order valence-electron chi connectivity index (χ2n) is 9.10. The fourth-order valence-electron chi connectivity index (χ4n) is 4.68. The first-order chi connectivity index (χ1) is 17.4. The molecule has 0 aliphatic rings. The van der Waals surface area contributed by atoms with E-state index in [0.717, 1.165) is 37.4 Å². The molecule has 1 aromatic heterocycles. The minimum Gasteiger partial charge on any atom is -0.322 e. The normalized spacial score (nSPS) is 12.2. The standard InChI is InChI=1S/C30H26BrN3O2/c1-33(2)19-28(35)34(27-14-8-12-20-9-6-7-13-24(20)27)29(21-10-4-3-5-11-21)25-18-22-17-23(31)15-16-26(22)32-30(25)36/h3-18,29H,19H2,1-2H3,(H,32,36). The van der Waals surface area contributed by atoms with Crippen LogP contribution in [0.3, 0.4) is 0 Å². The Morgan fingerprint density at radius 3 is 2.36 bits per heavy atom. The molecule has 1 unspecified atom stereocenters. The molecule has 0 fully saturated rings. The average molecular weight is 540 g/mol. The molecule has 36 heavy (non-hydrogen) atoms. The zero-order chi connectivity index (χ0) is 25.2. The van der Waals surface area contributed by atoms with Gasteiger partial charge in [-0.1, -0.05) is 82.7 Å². The van der Waals surface area contributed by atoms with Crippen LogP contribution in [0.2, 0.25) is 0 Å². The van der Waals surface area contributed by atoms with Gasteiger partial charge in [-0.25, -0.2) is 0 Å². The Bertz CT molecular complexity index is 1610. The summed E-state index contributed by atoms with van der Waals surface area (Å²) in [7, 11) is 3.74. The number of hydrogen-bond donors (Lipinski definition) is 1. The Kier molecular flexibility index (Phi) is 6.72. The van der Waals surface area contributed by atoms with Crippen molar-refractivity contribution in [1.82, 2.24) is 9.88 Å². The topological polar surface area (TPSA) is 56.4 Å². The van der Waals surface area contributed by atoms with Crippen molar-refractivity contribution in [2.45, 2.75) is 6.04 Å². The molecule has 0 bridgehead atoms. The fourth-order valence-corrected chi connectivity index (χ4v) is 5.06. The number of aromatic nitrogens is 1. The number of fused-ring (bicyclic) bond motifs is 2. The summed E-state index contributed by atoms with van der Waals surface area (Å²) in [6.45, 7) is 0.198. The van der Waals surface area contributed by atoms with Crippen molar-refractivity contribution in [2.24, 2.45) is 0 Å². The molecule has 1 heterocycles. The van der Waals surface area contributed by atoms with Gasteiger partial charge in [0.25, 0.3) is 5.56 Å². The minimum absolute atomic E-state index is 0.0982. The van der Waals surface area contributed by atoms with Crippen LogP contribution in [-0.4, -0.2) is 36.4 Å². The number of H-pyrrole nitrogens is 1. The average Bonchev–Trinajstić information content (AvgIpc) is 2.87. The molecule has 0 radical (unpaired) electrons. The highest BCUT2D eigenvalue weighted by atomic mass is 79.9. The summed E-state index contributed by atoms with van der Waals surface area (Å²) < 4.78 is 0.916. The lowest BCUT2D eigenvalue weighted by Gasteiger charge is -2.34. The number of likely N-dealkylation sites (N-methyl/N-ethyl adjacent to an activating group) is 1. The van der Waals surface area contributed by atoms with E-state index in [4.69, 9.17) is 0 Å². The first kappa shape index (κ1) is 24.0. The third-order valence-electron chi connectivity index (χ3n) is 6.25. The van der Waals surface area contributed by atoms with E-state index in [0.29, 0.717) is 5.56 Å². The van der Waals surface area contributed by atoms with E-state index in [1.807, 2.05) is 116 Å². The van der Waals surface area contributed by atoms with Crippen LogP contribution in [0, 0.1) is 0 Å². The summed E-state index contributed by atoms with van der Waals surface area (Å²) in [5.41, 5.74) is 2.66. The third-order valence-corrected chi connectivity index (χ3v) is 6.74. The number of anilines is 1. The van der Waals surface area contributed by atoms with E-state index in [2.05, 4.69) is 20.9 Å². The van der Waals surface area contributed by atoms with Gasteiger partial charge >= 0.3 is 0 Å². The number of carbonyl (C=O) groups excluding carboxylic acids is 1. The number of carbonyl (C=O) groups is 1. The highest BCUT2D eigenvalue weighted by Gasteiger charge is 2.31. The van der Waals surface area contributed by atoms with Gasteiger partial charge in [0.15, 0.2) is 0 Å². The molecule has 5 rings (SSSR count). The van der Waals surface area contributed by atoms with Crippen molar-refractivity contribution in [3.05, 3.63) is 123 Å². The molecule has 5 nitrogen and oxygen atoms in total. The number of nitrogens with one attached hydrogen (secondary N) is 1. The largest absolute Gasteiger partial charge is 0.322 e. The van der Waals surface area contributed by atoms with Crippen molar-refractivity contribution in [1.29, 1.82) is 0 Å². The van der Waals surface area contributed by atoms with Crippen molar-refractivity contribution < 1.29 is 4.79 Å². The van der Waals surface area contributed by atoms with Crippen molar-refractivity contribution in [3.63, 3.8) is 0 Å². The molecule has 1 atom stereocenters. The number of hydrogen-bond acceptors (Lipinski definition) is 3. The molecule has 0 spiro atoms. The van der Waals surface area contributed by atoms with Crippen molar-refractivity contribution >= 4 is 49.2 Å². The van der Waals surface area contributed by atoms with E-state index in [9.17, 15) is 9.59 Å². The molecular formula is C30H26BrN3O2. The lowest BCUT2D eigenvalue weighted by Crippen LogP contribution is -2.42. The van der Waals surface area contributed by atoms with E-state index in [-0.39, 0.29) is 18.0 Å². The first-order valence-corrected chi connectivity index (χ1v) is 12.5. The lowest BCUT2D eigenvalue weighted by molar-refractivity contribution is -0.119. The number of aromatic amines is 1. The number of pyridine rings is 1. The number of rotatable bonds is 6. The van der Waals surface area contributed by atoms with Gasteiger partial charge in [0, 0.05) is 20.9 Å². The zero-order valence-electron chi connectivity index (χ0n) is 20.1. The Morgan fingerprint density at radius 1 is 0.861 bits per heavy atom. The summed E-state index contributed by atoms with van der Waals surface area (Å²) in [6, 6.07) is 30.7. The molecule has 1 N–H and O–H groups in total. The highest BCUT2D eigenvalue weighted by molar-refractivity contribution is 9.10. The molecular weight excluding hydrogens is 514 g/mol. The molecule has 0 saturated carbocycles. The predicted molar refractivity (Wildman–Crippen MR) is 151 cm³/mol. The van der Waals surface area contributed by atoms with Crippen molar-refractivity contribution in [3.8, 4) is 0 Å². The molecule has 0 aliphatic carbocycles. The third kappa shape index (κ3) is 4.70. The van der Waals surface area contributed by atoms with Gasteiger partial charge in [0.05, 0.1) is 18.3 Å². The van der Waals surface area contributed by atoms with Crippen LogP contribution in [-0.2, 0) is 4.79 Å². The van der Waals surface area contributed by atoms with E-state index < -0.39 is 6.04 Å². The van der Waals surface area contributed by atoms with Crippen LogP contribution in [0.25, 0.3) is 21.7 Å². The van der Waals surface area contributed by atoms with Gasteiger partial charge in [-0.05, 0) is 60.8 Å². The van der Waals surface area contributed by atoms with Crippen molar-refractivity contribution in [2.75, 3.05) is 25.5 Å². The molecule has 4 aromatic carbocycles. The Hall–Kier alpha value is -3.74. The number of nitrogens with zero attached hydrogens (tertiary/aromatic N) is 2. The molecule has 0 saturated heterocycles. The maximum atomic E-state index is 14.0. The first-order valence-electron chi connectivity index (χ1n) is 11.7. The molecule has 180 valence electrons. The number of amides is 1. The lowest BCUT2D eigenvalue weighted by atomic mass is 9.95. The second kappa shape index (κ2) is 10.1. The van der Waals surface area contributed by atoms with E-state index in [1.54, 1.807) is 4.90 Å². The predicted octanol–water partition coefficient (Wildman–Crippen LogP) is 6.13. The smallest absolute Gasteiger partial charge is 0.254 e. The Morgan fingerprint density at radius 2 is 1.58 bits per heavy atom. The van der Waals surface area contributed by atoms with Crippen LogP contribution in [0.5, 0.6) is 0 Å². The fraction of sp³-hybridized carbons (Fsp3) is 0.133. The summed E-state index contributed by atoms with van der Waals surface area (Å²) in [4.78, 5) is 34.2. The van der Waals surface area contributed by atoms with Gasteiger partial charge in [0.2, 0.25) is 5.91 Å². The second-order valence-corrected chi connectivity index (χ2v) is 10.0. The van der Waals surface area contributed by atoms with Gasteiger partial charge in [0.1, 0.15) is 0 Å². The quantitative estimate of drug-likeness (QED) is 0.282. The number of halogens is 1. The van der Waals surface area contributed by atoms with Gasteiger partial charge in [-0.15, -0.1) is 0 Å². The van der Waals surface area contributed by atoms with Crippen LogP contribution >= 0.6 is 15.9 Å². The van der Waals surface area contributed by atoms with Crippen LogP contribution in [0.1, 0.15) is 17.2 Å². The Balaban J connectivity index is 1.82. The van der Waals surface area contributed by atoms with Gasteiger partial charge in [-0.3, -0.25) is 14.5 Å². The molecule has 5 aromatic rings. The Labute approximate surface area is 218 Å². The molecule has 1 amide bonds. The summed E-state index contributed by atoms with van der Waals surface area (Å²) in [6.07, 6.45) is 0. The summed E-state index contributed by atoms with van der Waals surface area (Å²) >= 11 is 3.54. The van der Waals surface area contributed by atoms with Crippen LogP contribution in [0.4, 0.5) is 5.69 Å². The molecule has 6 heteroatoms. The van der Waals surface area contributed by atoms with Crippen LogP contribution in [0.15, 0.2) is 106 Å². The summed E-state index contributed by atoms with van der Waals surface area (Å²) in [5, 5.41) is 2.87. The summed E-state index contributed by atoms with van der Waals surface area (Å²) in [5.74, 6) is -0.0982. The van der Waals surface area contributed by atoms with Gasteiger partial charge < -0.3 is 9.88 Å². The monoisotopic (exact) mass is 539 g/mol.